The molecule has 3 aromatic carbocycles. The molecule has 5 rings (SSSR count). The summed E-state index contributed by atoms with van der Waals surface area (Å²) in [5, 5.41) is 0. The molecule has 0 spiro atoms. The molecule has 0 N–H and O–H groups in total. The van der Waals surface area contributed by atoms with Crippen LogP contribution in [0.1, 0.15) is 78.2 Å². The Hall–Kier alpha value is -4.26. The van der Waals surface area contributed by atoms with E-state index in [4.69, 9.17) is 0 Å². The van der Waals surface area contributed by atoms with E-state index in [1.54, 1.807) is 48.5 Å². The third kappa shape index (κ3) is 5.35. The summed E-state index contributed by atoms with van der Waals surface area (Å²) in [5.74, 6) is -0.852. The minimum absolute atomic E-state index is 0.213. The van der Waals surface area contributed by atoms with Gasteiger partial charge < -0.3 is 4.90 Å². The third-order valence-electron chi connectivity index (χ3n) is 7.45. The predicted molar refractivity (Wildman–Crippen MR) is 150 cm³/mol. The van der Waals surface area contributed by atoms with E-state index in [0.717, 1.165) is 31.6 Å². The van der Waals surface area contributed by atoms with Crippen LogP contribution in [0.3, 0.4) is 0 Å². The Kier molecular flexibility index (Phi) is 7.59. The van der Waals surface area contributed by atoms with E-state index in [9.17, 15) is 19.2 Å². The van der Waals surface area contributed by atoms with Gasteiger partial charge in [0.1, 0.15) is 0 Å². The molecule has 0 bridgehead atoms. The lowest BCUT2D eigenvalue weighted by molar-refractivity contribution is 0.0637. The highest BCUT2D eigenvalue weighted by Gasteiger charge is 2.35. The molecular weight excluding hydrogens is 490 g/mol. The Morgan fingerprint density at radius 1 is 0.538 bits per heavy atom. The van der Waals surface area contributed by atoms with Crippen molar-refractivity contribution in [2.24, 2.45) is 0 Å². The molecular formula is C32H33N3O4. The zero-order chi connectivity index (χ0) is 27.5. The average Bonchev–Trinajstić information content (AvgIpc) is 3.32. The van der Waals surface area contributed by atoms with Crippen LogP contribution in [0.15, 0.2) is 66.7 Å². The first-order chi connectivity index (χ1) is 18.8. The number of hydrogen-bond acceptors (Lipinski definition) is 5. The summed E-state index contributed by atoms with van der Waals surface area (Å²) < 4.78 is 0. The van der Waals surface area contributed by atoms with Crippen LogP contribution in [-0.2, 0) is 0 Å². The highest BCUT2D eigenvalue weighted by atomic mass is 16.2. The van der Waals surface area contributed by atoms with Gasteiger partial charge in [-0.3, -0.25) is 29.0 Å². The molecule has 0 radical (unpaired) electrons. The van der Waals surface area contributed by atoms with Crippen LogP contribution in [0.25, 0.3) is 0 Å². The van der Waals surface area contributed by atoms with Crippen LogP contribution in [0, 0.1) is 13.8 Å². The molecule has 39 heavy (non-hydrogen) atoms. The summed E-state index contributed by atoms with van der Waals surface area (Å²) >= 11 is 0. The third-order valence-corrected chi connectivity index (χ3v) is 7.45. The summed E-state index contributed by atoms with van der Waals surface area (Å²) in [6.07, 6.45) is 3.06. The number of aryl methyl sites for hydroxylation is 2. The molecule has 0 fully saturated rings. The van der Waals surface area contributed by atoms with Crippen molar-refractivity contribution in [3.8, 4) is 0 Å². The van der Waals surface area contributed by atoms with Gasteiger partial charge in [-0.25, -0.2) is 0 Å². The topological polar surface area (TPSA) is 78.0 Å². The number of imide groups is 2. The maximum atomic E-state index is 12.7. The van der Waals surface area contributed by atoms with E-state index in [0.29, 0.717) is 48.2 Å². The second-order valence-electron chi connectivity index (χ2n) is 10.4. The van der Waals surface area contributed by atoms with E-state index in [1.807, 2.05) is 0 Å². The Bertz CT molecular complexity index is 1270. The van der Waals surface area contributed by atoms with E-state index < -0.39 is 0 Å². The van der Waals surface area contributed by atoms with Crippen molar-refractivity contribution in [3.63, 3.8) is 0 Å². The SMILES string of the molecule is Cc1cc(C)cc(N(CCCCN2C(=O)c3ccccc3C2=O)CCCCN2C(=O)c3ccccc3C2=O)c1. The van der Waals surface area contributed by atoms with E-state index in [-0.39, 0.29) is 23.6 Å². The number of carbonyl (C=O) groups is 4. The quantitative estimate of drug-likeness (QED) is 0.253. The standard InChI is InChI=1S/C32H33N3O4/c1-22-19-23(2)21-24(20-22)33(15-7-9-17-34-29(36)25-11-3-4-12-26(25)30(34)37)16-8-10-18-35-31(38)27-13-5-6-14-28(27)32(35)39/h3-6,11-14,19-21H,7-10,15-18H2,1-2H3. The molecule has 0 aliphatic carbocycles. The molecule has 0 aromatic heterocycles. The number of benzene rings is 3. The van der Waals surface area contributed by atoms with Crippen LogP contribution in [0.4, 0.5) is 5.69 Å². The van der Waals surface area contributed by atoms with Crippen molar-refractivity contribution in [1.82, 2.24) is 9.80 Å². The Morgan fingerprint density at radius 3 is 1.26 bits per heavy atom. The van der Waals surface area contributed by atoms with Crippen LogP contribution < -0.4 is 4.90 Å². The number of unbranched alkanes of at least 4 members (excludes halogenated alkanes) is 2. The molecule has 4 amide bonds. The number of amides is 4. The molecule has 200 valence electrons. The molecule has 0 unspecified atom stereocenters. The molecule has 2 aliphatic rings. The fraction of sp³-hybridized carbons (Fsp3) is 0.312. The van der Waals surface area contributed by atoms with Gasteiger partial charge in [0.2, 0.25) is 0 Å². The molecule has 2 heterocycles. The van der Waals surface area contributed by atoms with Crippen molar-refractivity contribution in [1.29, 1.82) is 0 Å². The van der Waals surface area contributed by atoms with Crippen molar-refractivity contribution in [2.45, 2.75) is 39.5 Å². The number of fused-ring (bicyclic) bond motifs is 2. The summed E-state index contributed by atoms with van der Waals surface area (Å²) in [6.45, 7) is 6.51. The smallest absolute Gasteiger partial charge is 0.261 e. The molecule has 0 saturated carbocycles. The van der Waals surface area contributed by atoms with Gasteiger partial charge in [-0.15, -0.1) is 0 Å². The minimum Gasteiger partial charge on any atom is -0.372 e. The number of nitrogens with zero attached hydrogens (tertiary/aromatic N) is 3. The fourth-order valence-corrected chi connectivity index (χ4v) is 5.53. The lowest BCUT2D eigenvalue weighted by Gasteiger charge is -2.26. The Labute approximate surface area is 229 Å². The second kappa shape index (κ2) is 11.2. The normalized spacial score (nSPS) is 14.3. The van der Waals surface area contributed by atoms with Gasteiger partial charge in [0, 0.05) is 31.9 Å². The molecule has 7 nitrogen and oxygen atoms in total. The molecule has 2 aliphatic heterocycles. The van der Waals surface area contributed by atoms with Crippen LogP contribution in [0.5, 0.6) is 0 Å². The van der Waals surface area contributed by atoms with Crippen LogP contribution in [0.2, 0.25) is 0 Å². The summed E-state index contributed by atoms with van der Waals surface area (Å²) in [7, 11) is 0. The molecule has 0 saturated heterocycles. The minimum atomic E-state index is -0.213. The van der Waals surface area contributed by atoms with Crippen molar-refractivity contribution < 1.29 is 19.2 Å². The van der Waals surface area contributed by atoms with Crippen molar-refractivity contribution >= 4 is 29.3 Å². The molecule has 7 heteroatoms. The van der Waals surface area contributed by atoms with Gasteiger partial charge >= 0.3 is 0 Å². The lowest BCUT2D eigenvalue weighted by Crippen LogP contribution is -2.33. The number of hydrogen-bond donors (Lipinski definition) is 0. The maximum absolute atomic E-state index is 12.7. The Balaban J connectivity index is 1.16. The van der Waals surface area contributed by atoms with Gasteiger partial charge in [-0.2, -0.15) is 0 Å². The van der Waals surface area contributed by atoms with Gasteiger partial charge in [-0.1, -0.05) is 30.3 Å². The second-order valence-corrected chi connectivity index (χ2v) is 10.4. The fourth-order valence-electron chi connectivity index (χ4n) is 5.53. The van der Waals surface area contributed by atoms with Gasteiger partial charge in [0.25, 0.3) is 23.6 Å². The number of carbonyl (C=O) groups excluding carboxylic acids is 4. The summed E-state index contributed by atoms with van der Waals surface area (Å²) in [6, 6.07) is 20.4. The largest absolute Gasteiger partial charge is 0.372 e. The highest BCUT2D eigenvalue weighted by Crippen LogP contribution is 2.25. The van der Waals surface area contributed by atoms with Gasteiger partial charge in [-0.05, 0) is 87.1 Å². The van der Waals surface area contributed by atoms with Gasteiger partial charge in [0.05, 0.1) is 22.3 Å². The predicted octanol–water partition coefficient (Wildman–Crippen LogP) is 5.26. The Morgan fingerprint density at radius 2 is 0.897 bits per heavy atom. The van der Waals surface area contributed by atoms with Crippen molar-refractivity contribution in [2.75, 3.05) is 31.1 Å². The van der Waals surface area contributed by atoms with Crippen molar-refractivity contribution in [3.05, 3.63) is 100 Å². The van der Waals surface area contributed by atoms with Crippen LogP contribution in [-0.4, -0.2) is 59.6 Å². The first-order valence-electron chi connectivity index (χ1n) is 13.6. The zero-order valence-corrected chi connectivity index (χ0v) is 22.5. The highest BCUT2D eigenvalue weighted by molar-refractivity contribution is 6.22. The van der Waals surface area contributed by atoms with E-state index >= 15 is 0 Å². The monoisotopic (exact) mass is 523 g/mol. The first-order valence-corrected chi connectivity index (χ1v) is 13.6. The summed E-state index contributed by atoms with van der Waals surface area (Å²) in [5.41, 5.74) is 5.44. The molecule has 0 atom stereocenters. The van der Waals surface area contributed by atoms with Gasteiger partial charge in [0.15, 0.2) is 0 Å². The number of anilines is 1. The van der Waals surface area contributed by atoms with E-state index in [1.165, 1.54) is 20.9 Å². The lowest BCUT2D eigenvalue weighted by atomic mass is 10.1. The zero-order valence-electron chi connectivity index (χ0n) is 22.5. The average molecular weight is 524 g/mol. The maximum Gasteiger partial charge on any atom is 0.261 e. The first kappa shape index (κ1) is 26.4. The summed E-state index contributed by atoms with van der Waals surface area (Å²) in [4.78, 5) is 55.7. The number of rotatable bonds is 11. The molecule has 3 aromatic rings. The van der Waals surface area contributed by atoms with Crippen LogP contribution >= 0.6 is 0 Å². The van der Waals surface area contributed by atoms with E-state index in [2.05, 4.69) is 36.9 Å².